The number of cyclic esters (lactones) is 1. The van der Waals surface area contributed by atoms with Gasteiger partial charge in [0.2, 0.25) is 5.60 Å². The van der Waals surface area contributed by atoms with E-state index >= 15 is 0 Å². The minimum Gasteiger partial charge on any atom is -0.457 e. The lowest BCUT2D eigenvalue weighted by Crippen LogP contribution is -2.95. The predicted octanol–water partition coefficient (Wildman–Crippen LogP) is 3.62. The fourth-order valence-electron chi connectivity index (χ4n) is 4.83. The second-order valence-electron chi connectivity index (χ2n) is 16.3. The lowest BCUT2D eigenvalue weighted by molar-refractivity contribution is -0.377. The number of aromatic nitrogens is 1. The maximum absolute atomic E-state index is 13.8. The second-order valence-corrected chi connectivity index (χ2v) is 22.8. The van der Waals surface area contributed by atoms with E-state index in [2.05, 4.69) is 45.7 Å². The molecule has 2 unspecified atom stereocenters. The van der Waals surface area contributed by atoms with Crippen LogP contribution in [0.4, 0.5) is 14.7 Å². The number of oxime groups is 1. The number of esters is 1. The highest BCUT2D eigenvalue weighted by atomic mass is 32.1. The molecular weight excluding hydrogens is 705 g/mol. The number of rotatable bonds is 16. The predicted molar refractivity (Wildman–Crippen MR) is 189 cm³/mol. The summed E-state index contributed by atoms with van der Waals surface area (Å²) in [6.07, 6.45) is -2.26. The monoisotopic (exact) mass is 756 g/mol. The Bertz CT molecular complexity index is 1480. The van der Waals surface area contributed by atoms with Gasteiger partial charge in [0.15, 0.2) is 16.6 Å². The van der Waals surface area contributed by atoms with Gasteiger partial charge in [0.05, 0.1) is 19.7 Å². The van der Waals surface area contributed by atoms with E-state index in [0.29, 0.717) is 6.61 Å². The molecule has 286 valence electrons. The molecule has 5 rings (SSSR count). The number of carbonyl (C=O) groups excluding carboxylic acids is 4. The SMILES string of the molecule is CC(C)(C)OC(=O)Nc1nc(/C(=N/OC(C)(C)C(=O)OC(C)(C)C)C(=O)N[C@H]2C3NC2(CN2C[C@@H](COCOCC[Si](C)(C)C)OC2=O)O3)cs1. The van der Waals surface area contributed by atoms with Crippen LogP contribution in [0.2, 0.25) is 25.7 Å². The Labute approximate surface area is 303 Å². The molecule has 4 aliphatic heterocycles. The molecule has 0 radical (unpaired) electrons. The highest BCUT2D eigenvalue weighted by molar-refractivity contribution is 7.14. The molecule has 4 aliphatic rings. The van der Waals surface area contributed by atoms with Crippen molar-refractivity contribution in [1.82, 2.24) is 20.5 Å². The summed E-state index contributed by atoms with van der Waals surface area (Å²) < 4.78 is 33.2. The molecule has 2 bridgehead atoms. The third kappa shape index (κ3) is 11.3. The average Bonchev–Trinajstić information content (AvgIpc) is 3.54. The van der Waals surface area contributed by atoms with E-state index in [1.807, 2.05) is 0 Å². The van der Waals surface area contributed by atoms with Gasteiger partial charge in [-0.3, -0.25) is 15.4 Å². The van der Waals surface area contributed by atoms with Crippen LogP contribution in [0.3, 0.4) is 0 Å². The lowest BCUT2D eigenvalue weighted by atomic mass is 9.84. The van der Waals surface area contributed by atoms with E-state index in [9.17, 15) is 19.2 Å². The molecule has 5 heterocycles. The van der Waals surface area contributed by atoms with Gasteiger partial charge in [0.25, 0.3) is 5.91 Å². The number of hydrogen-bond acceptors (Lipinski definition) is 15. The van der Waals surface area contributed by atoms with E-state index in [1.165, 1.54) is 24.1 Å². The van der Waals surface area contributed by atoms with Gasteiger partial charge in [0.1, 0.15) is 42.1 Å². The molecule has 51 heavy (non-hydrogen) atoms. The van der Waals surface area contributed by atoms with E-state index in [4.69, 9.17) is 33.3 Å². The Morgan fingerprint density at radius 1 is 1.10 bits per heavy atom. The van der Waals surface area contributed by atoms with Crippen LogP contribution in [0.15, 0.2) is 10.5 Å². The van der Waals surface area contributed by atoms with Gasteiger partial charge in [-0.2, -0.15) is 0 Å². The van der Waals surface area contributed by atoms with Crippen molar-refractivity contribution in [2.24, 2.45) is 5.16 Å². The van der Waals surface area contributed by atoms with Crippen molar-refractivity contribution in [1.29, 1.82) is 0 Å². The number of ether oxygens (including phenoxy) is 6. The normalized spacial score (nSPS) is 23.5. The smallest absolute Gasteiger partial charge is 0.413 e. The maximum atomic E-state index is 13.8. The summed E-state index contributed by atoms with van der Waals surface area (Å²) in [5, 5.41) is 14.3. The van der Waals surface area contributed by atoms with Crippen LogP contribution in [-0.4, -0.2) is 122 Å². The van der Waals surface area contributed by atoms with Crippen molar-refractivity contribution in [2.45, 2.75) is 122 Å². The molecule has 17 nitrogen and oxygen atoms in total. The van der Waals surface area contributed by atoms with Crippen LogP contribution in [0.1, 0.15) is 61.1 Å². The highest BCUT2D eigenvalue weighted by Crippen LogP contribution is 2.42. The van der Waals surface area contributed by atoms with Crippen LogP contribution in [0, 0.1) is 0 Å². The Morgan fingerprint density at radius 2 is 1.76 bits per heavy atom. The number of hydrogen-bond donors (Lipinski definition) is 3. The third-order valence-corrected chi connectivity index (χ3v) is 9.95. The number of carbonyl (C=O) groups is 4. The van der Waals surface area contributed by atoms with Gasteiger partial charge in [-0.25, -0.2) is 19.4 Å². The van der Waals surface area contributed by atoms with E-state index in [-0.39, 0.29) is 43.0 Å². The molecule has 3 N–H and O–H groups in total. The molecule has 4 atom stereocenters. The molecular formula is C32H52N6O11SSi. The third-order valence-electron chi connectivity index (χ3n) is 7.48. The summed E-state index contributed by atoms with van der Waals surface area (Å²) in [6, 6.07) is 0.464. The number of anilines is 1. The summed E-state index contributed by atoms with van der Waals surface area (Å²) in [5.74, 6) is -1.39. The van der Waals surface area contributed by atoms with E-state index in [1.54, 1.807) is 41.5 Å². The summed E-state index contributed by atoms with van der Waals surface area (Å²) in [6.45, 7) is 21.3. The van der Waals surface area contributed by atoms with Crippen LogP contribution in [-0.2, 0) is 42.8 Å². The van der Waals surface area contributed by atoms with Crippen LogP contribution >= 0.6 is 11.3 Å². The summed E-state index contributed by atoms with van der Waals surface area (Å²) in [5.41, 5.74) is -4.38. The Kier molecular flexibility index (Phi) is 12.1. The van der Waals surface area contributed by atoms with Crippen molar-refractivity contribution in [2.75, 3.05) is 38.4 Å². The quantitative estimate of drug-likeness (QED) is 0.0421. The fourth-order valence-corrected chi connectivity index (χ4v) is 6.27. The van der Waals surface area contributed by atoms with Gasteiger partial charge in [-0.1, -0.05) is 24.8 Å². The van der Waals surface area contributed by atoms with Crippen molar-refractivity contribution in [3.63, 3.8) is 0 Å². The Hall–Kier alpha value is -3.36. The van der Waals surface area contributed by atoms with Gasteiger partial charge in [-0.15, -0.1) is 11.3 Å². The minimum absolute atomic E-state index is 0.0647. The Morgan fingerprint density at radius 3 is 2.35 bits per heavy atom. The van der Waals surface area contributed by atoms with Crippen LogP contribution in [0.25, 0.3) is 0 Å². The van der Waals surface area contributed by atoms with E-state index in [0.717, 1.165) is 17.4 Å². The number of nitrogens with zero attached hydrogens (tertiary/aromatic N) is 3. The first kappa shape index (κ1) is 40.4. The minimum atomic E-state index is -1.58. The number of amides is 3. The first-order valence-corrected chi connectivity index (χ1v) is 21.4. The zero-order valence-electron chi connectivity index (χ0n) is 31.3. The summed E-state index contributed by atoms with van der Waals surface area (Å²) >= 11 is 1.03. The zero-order chi connectivity index (χ0) is 38.0. The molecule has 0 aromatic carbocycles. The van der Waals surface area contributed by atoms with Gasteiger partial charge >= 0.3 is 18.2 Å². The van der Waals surface area contributed by atoms with Crippen LogP contribution < -0.4 is 16.0 Å². The molecule has 19 heteroatoms. The van der Waals surface area contributed by atoms with Crippen molar-refractivity contribution < 1.29 is 52.4 Å². The molecule has 0 saturated carbocycles. The molecule has 0 spiro atoms. The molecule has 4 saturated heterocycles. The molecule has 1 aromatic rings. The standard InChI is InChI=1S/C32H52N6O11SSi/c1-29(2,3)47-25(40)31(7,8)49-37-21(20-16-50-26(33-20)35-27(41)48-30(4,5)6)23(39)34-22-24-36-32(22,46-24)17-38-14-19(45-28(38)42)15-44-18-43-12-13-51(9,10)11/h16,19,22,24,36H,12-15,17-18H2,1-11H3,(H,34,39)(H,33,35,41)/b37-21-/t19-,22-,24?,32?/m0/s1. The summed E-state index contributed by atoms with van der Waals surface area (Å²) in [7, 11) is -1.20. The first-order valence-electron chi connectivity index (χ1n) is 16.8. The number of nitrogens with one attached hydrogen (secondary N) is 3. The zero-order valence-corrected chi connectivity index (χ0v) is 33.1. The lowest BCUT2D eigenvalue weighted by Gasteiger charge is -2.67. The second kappa shape index (κ2) is 15.3. The molecule has 1 aromatic heterocycles. The van der Waals surface area contributed by atoms with Gasteiger partial charge < -0.3 is 43.5 Å². The van der Waals surface area contributed by atoms with Gasteiger partial charge in [0, 0.05) is 20.1 Å². The summed E-state index contributed by atoms with van der Waals surface area (Å²) in [4.78, 5) is 63.1. The Balaban J connectivity index is 1.40. The van der Waals surface area contributed by atoms with E-state index < -0.39 is 73.0 Å². The fraction of sp³-hybridized carbons (Fsp3) is 0.750. The van der Waals surface area contributed by atoms with Crippen LogP contribution in [0.5, 0.6) is 0 Å². The van der Waals surface area contributed by atoms with Crippen molar-refractivity contribution >= 4 is 54.3 Å². The first-order chi connectivity index (χ1) is 23.5. The maximum Gasteiger partial charge on any atom is 0.413 e. The molecule has 3 amide bonds. The largest absolute Gasteiger partial charge is 0.457 e. The molecule has 4 fully saturated rings. The van der Waals surface area contributed by atoms with Crippen molar-refractivity contribution in [3.05, 3.63) is 11.1 Å². The number of thiazole rings is 1. The topological polar surface area (TPSA) is 197 Å². The molecule has 0 aliphatic carbocycles. The average molecular weight is 757 g/mol. The van der Waals surface area contributed by atoms with Gasteiger partial charge in [-0.05, 0) is 61.4 Å². The van der Waals surface area contributed by atoms with Crippen molar-refractivity contribution in [3.8, 4) is 0 Å². The highest BCUT2D eigenvalue weighted by Gasteiger charge is 2.69.